The Morgan fingerprint density at radius 3 is 2.50 bits per heavy atom. The van der Waals surface area contributed by atoms with Crippen molar-refractivity contribution in [3.63, 3.8) is 0 Å². The predicted octanol–water partition coefficient (Wildman–Crippen LogP) is 0.615. The van der Waals surface area contributed by atoms with Crippen molar-refractivity contribution in [2.45, 2.75) is 20.3 Å². The highest BCUT2D eigenvalue weighted by Gasteiger charge is 2.00. The summed E-state index contributed by atoms with van der Waals surface area (Å²) >= 11 is 0. The lowest BCUT2D eigenvalue weighted by Crippen LogP contribution is -2.19. The summed E-state index contributed by atoms with van der Waals surface area (Å²) < 4.78 is 0. The lowest BCUT2D eigenvalue weighted by Gasteiger charge is -1.93. The number of ketones is 1. The SMILES string of the molecule is CC=CNC(=O)CC(C)=O. The quantitative estimate of drug-likeness (QED) is 0.585. The van der Waals surface area contributed by atoms with Crippen LogP contribution in [0.15, 0.2) is 12.3 Å². The van der Waals surface area contributed by atoms with E-state index < -0.39 is 0 Å². The maximum absolute atomic E-state index is 10.6. The summed E-state index contributed by atoms with van der Waals surface area (Å²) in [6.45, 7) is 3.17. The first-order valence-corrected chi connectivity index (χ1v) is 3.06. The van der Waals surface area contributed by atoms with Crippen LogP contribution < -0.4 is 5.32 Å². The van der Waals surface area contributed by atoms with Crippen LogP contribution in [0.1, 0.15) is 20.3 Å². The van der Waals surface area contributed by atoms with Gasteiger partial charge in [-0.25, -0.2) is 0 Å². The summed E-state index contributed by atoms with van der Waals surface area (Å²) in [5.74, 6) is -0.382. The van der Waals surface area contributed by atoms with Crippen molar-refractivity contribution < 1.29 is 9.59 Å². The molecule has 0 aromatic heterocycles. The molecule has 0 fully saturated rings. The van der Waals surface area contributed by atoms with Gasteiger partial charge in [-0.1, -0.05) is 6.08 Å². The number of nitrogens with one attached hydrogen (secondary N) is 1. The van der Waals surface area contributed by atoms with E-state index >= 15 is 0 Å². The van der Waals surface area contributed by atoms with E-state index in [0.717, 1.165) is 0 Å². The molecule has 1 amide bonds. The van der Waals surface area contributed by atoms with E-state index in [1.54, 1.807) is 13.0 Å². The van der Waals surface area contributed by atoms with Gasteiger partial charge in [0.25, 0.3) is 0 Å². The van der Waals surface area contributed by atoms with Gasteiger partial charge in [0.2, 0.25) is 5.91 Å². The largest absolute Gasteiger partial charge is 0.333 e. The fourth-order valence-electron chi connectivity index (χ4n) is 0.453. The Morgan fingerprint density at radius 1 is 1.50 bits per heavy atom. The Bertz CT molecular complexity index is 161. The Kier molecular flexibility index (Phi) is 4.20. The van der Waals surface area contributed by atoms with E-state index in [9.17, 15) is 9.59 Å². The Labute approximate surface area is 60.1 Å². The smallest absolute Gasteiger partial charge is 0.231 e. The molecular weight excluding hydrogens is 130 g/mol. The standard InChI is InChI=1S/C7H11NO2/c1-3-4-8-7(10)5-6(2)9/h3-4H,5H2,1-2H3,(H,8,10). The molecule has 0 aliphatic rings. The number of allylic oxidation sites excluding steroid dienone is 1. The van der Waals surface area contributed by atoms with Crippen LogP contribution in [0.3, 0.4) is 0 Å². The van der Waals surface area contributed by atoms with Gasteiger partial charge in [-0.2, -0.15) is 0 Å². The van der Waals surface area contributed by atoms with Gasteiger partial charge in [-0.05, 0) is 20.0 Å². The van der Waals surface area contributed by atoms with E-state index in [1.165, 1.54) is 13.1 Å². The van der Waals surface area contributed by atoms with Gasteiger partial charge in [-0.15, -0.1) is 0 Å². The molecule has 0 saturated heterocycles. The second kappa shape index (κ2) is 4.73. The first-order chi connectivity index (χ1) is 4.66. The molecule has 56 valence electrons. The van der Waals surface area contributed by atoms with Crippen molar-refractivity contribution in [1.29, 1.82) is 0 Å². The minimum Gasteiger partial charge on any atom is -0.333 e. The molecule has 0 radical (unpaired) electrons. The van der Waals surface area contributed by atoms with Gasteiger partial charge in [-0.3, -0.25) is 9.59 Å². The summed E-state index contributed by atoms with van der Waals surface area (Å²) in [5.41, 5.74) is 0. The number of rotatable bonds is 3. The second-order valence-electron chi connectivity index (χ2n) is 1.95. The van der Waals surface area contributed by atoms with Crippen molar-refractivity contribution in [3.05, 3.63) is 12.3 Å². The Morgan fingerprint density at radius 2 is 2.10 bits per heavy atom. The molecule has 10 heavy (non-hydrogen) atoms. The van der Waals surface area contributed by atoms with Crippen LogP contribution in [-0.4, -0.2) is 11.7 Å². The molecule has 1 N–H and O–H groups in total. The zero-order valence-electron chi connectivity index (χ0n) is 6.18. The molecule has 0 rings (SSSR count). The highest BCUT2D eigenvalue weighted by molar-refractivity contribution is 5.97. The molecular formula is C7H11NO2. The van der Waals surface area contributed by atoms with Crippen molar-refractivity contribution >= 4 is 11.7 Å². The molecule has 0 spiro atoms. The third kappa shape index (κ3) is 5.03. The summed E-state index contributed by atoms with van der Waals surface area (Å²) in [6.07, 6.45) is 3.16. The summed E-state index contributed by atoms with van der Waals surface area (Å²) in [7, 11) is 0. The molecule has 0 aliphatic heterocycles. The first-order valence-electron chi connectivity index (χ1n) is 3.06. The Balaban J connectivity index is 3.54. The van der Waals surface area contributed by atoms with E-state index in [0.29, 0.717) is 0 Å². The number of carbonyl (C=O) groups excluding carboxylic acids is 2. The fourth-order valence-corrected chi connectivity index (χ4v) is 0.453. The van der Waals surface area contributed by atoms with E-state index in [4.69, 9.17) is 0 Å². The van der Waals surface area contributed by atoms with Crippen LogP contribution in [0.5, 0.6) is 0 Å². The van der Waals surface area contributed by atoms with Gasteiger partial charge in [0.15, 0.2) is 0 Å². The predicted molar refractivity (Wildman–Crippen MR) is 38.3 cm³/mol. The van der Waals surface area contributed by atoms with E-state index in [1.807, 2.05) is 0 Å². The third-order valence-electron chi connectivity index (χ3n) is 0.820. The summed E-state index contributed by atoms with van der Waals surface area (Å²) in [5, 5.41) is 2.42. The molecule has 0 aromatic carbocycles. The lowest BCUT2D eigenvalue weighted by molar-refractivity contribution is -0.126. The molecule has 3 nitrogen and oxygen atoms in total. The number of carbonyl (C=O) groups is 2. The molecule has 0 aromatic rings. The molecule has 0 saturated carbocycles. The summed E-state index contributed by atoms with van der Waals surface area (Å²) in [4.78, 5) is 21.0. The molecule has 3 heteroatoms. The highest BCUT2D eigenvalue weighted by atomic mass is 16.2. The van der Waals surface area contributed by atoms with Gasteiger partial charge in [0.05, 0.1) is 6.42 Å². The number of amides is 1. The van der Waals surface area contributed by atoms with Gasteiger partial charge < -0.3 is 5.32 Å². The van der Waals surface area contributed by atoms with Gasteiger partial charge >= 0.3 is 0 Å². The van der Waals surface area contributed by atoms with Crippen molar-refractivity contribution in [2.24, 2.45) is 0 Å². The van der Waals surface area contributed by atoms with Crippen molar-refractivity contribution in [2.75, 3.05) is 0 Å². The number of hydrogen-bond acceptors (Lipinski definition) is 2. The van der Waals surface area contributed by atoms with Gasteiger partial charge in [0, 0.05) is 0 Å². The van der Waals surface area contributed by atoms with Crippen LogP contribution in [0.25, 0.3) is 0 Å². The van der Waals surface area contributed by atoms with Crippen LogP contribution in [0.4, 0.5) is 0 Å². The molecule has 0 bridgehead atoms. The highest BCUT2D eigenvalue weighted by Crippen LogP contribution is 1.80. The zero-order chi connectivity index (χ0) is 7.98. The Hall–Kier alpha value is -1.12. The van der Waals surface area contributed by atoms with Crippen LogP contribution in [0.2, 0.25) is 0 Å². The topological polar surface area (TPSA) is 46.2 Å². The number of hydrogen-bond donors (Lipinski definition) is 1. The maximum atomic E-state index is 10.6. The lowest BCUT2D eigenvalue weighted by atomic mass is 10.3. The van der Waals surface area contributed by atoms with Crippen LogP contribution >= 0.6 is 0 Å². The van der Waals surface area contributed by atoms with Crippen LogP contribution in [0, 0.1) is 0 Å². The molecule has 0 unspecified atom stereocenters. The monoisotopic (exact) mass is 141 g/mol. The third-order valence-corrected chi connectivity index (χ3v) is 0.820. The average molecular weight is 141 g/mol. The van der Waals surface area contributed by atoms with E-state index in [-0.39, 0.29) is 18.1 Å². The van der Waals surface area contributed by atoms with E-state index in [2.05, 4.69) is 5.32 Å². The van der Waals surface area contributed by atoms with Crippen molar-refractivity contribution in [1.82, 2.24) is 5.32 Å². The minimum atomic E-state index is -0.259. The second-order valence-corrected chi connectivity index (χ2v) is 1.95. The van der Waals surface area contributed by atoms with Gasteiger partial charge in [0.1, 0.15) is 5.78 Å². The van der Waals surface area contributed by atoms with Crippen LogP contribution in [-0.2, 0) is 9.59 Å². The number of Topliss-reactive ketones (excluding diaryl/α,β-unsaturated/α-hetero) is 1. The maximum Gasteiger partial charge on any atom is 0.231 e. The normalized spacial score (nSPS) is 9.80. The molecule has 0 heterocycles. The first kappa shape index (κ1) is 8.88. The zero-order valence-corrected chi connectivity index (χ0v) is 6.18. The summed E-state index contributed by atoms with van der Waals surface area (Å²) in [6, 6.07) is 0. The molecule has 0 atom stereocenters. The molecule has 0 aliphatic carbocycles. The minimum absolute atomic E-state index is 0.0374. The van der Waals surface area contributed by atoms with Crippen molar-refractivity contribution in [3.8, 4) is 0 Å². The fraction of sp³-hybridized carbons (Fsp3) is 0.429. The average Bonchev–Trinajstić information content (AvgIpc) is 1.82.